The van der Waals surface area contributed by atoms with Gasteiger partial charge < -0.3 is 9.88 Å². The van der Waals surface area contributed by atoms with Crippen LogP contribution < -0.4 is 0 Å². The molecule has 3 fully saturated rings. The zero-order valence-electron chi connectivity index (χ0n) is 16.2. The van der Waals surface area contributed by atoms with Crippen molar-refractivity contribution in [1.82, 2.24) is 14.9 Å². The molecule has 1 amide bonds. The second kappa shape index (κ2) is 7.34. The fourth-order valence-corrected chi connectivity index (χ4v) is 4.91. The van der Waals surface area contributed by atoms with E-state index in [1.807, 2.05) is 6.07 Å². The van der Waals surface area contributed by atoms with Crippen LogP contribution in [0.3, 0.4) is 0 Å². The lowest BCUT2D eigenvalue weighted by Crippen LogP contribution is -2.40. The second-order valence-corrected chi connectivity index (χ2v) is 8.83. The average molecular weight is 381 g/mol. The Kier molecular flexibility index (Phi) is 4.69. The minimum absolute atomic E-state index is 0.0163. The molecule has 5 rings (SSSR count). The Morgan fingerprint density at radius 3 is 2.68 bits per heavy atom. The van der Waals surface area contributed by atoms with Crippen LogP contribution >= 0.6 is 0 Å². The highest BCUT2D eigenvalue weighted by Gasteiger charge is 2.43. The normalized spacial score (nSPS) is 22.6. The molecule has 1 aromatic carbocycles. The summed E-state index contributed by atoms with van der Waals surface area (Å²) in [6.45, 7) is 0.821. The van der Waals surface area contributed by atoms with Gasteiger partial charge in [-0.1, -0.05) is 12.1 Å². The highest BCUT2D eigenvalue weighted by Crippen LogP contribution is 2.51. The van der Waals surface area contributed by atoms with E-state index < -0.39 is 0 Å². The van der Waals surface area contributed by atoms with Crippen molar-refractivity contribution in [3.05, 3.63) is 42.1 Å². The lowest BCUT2D eigenvalue weighted by molar-refractivity contribution is -0.136. The summed E-state index contributed by atoms with van der Waals surface area (Å²) in [6.07, 6.45) is 10.8. The number of aromatic nitrogens is 2. The number of carbonyl (C=O) groups is 1. The zero-order chi connectivity index (χ0) is 19.1. The third-order valence-corrected chi connectivity index (χ3v) is 6.74. The Hall–Kier alpha value is -2.17. The molecule has 2 saturated carbocycles. The summed E-state index contributed by atoms with van der Waals surface area (Å²) in [7, 11) is 0. The minimum atomic E-state index is -0.255. The number of nitrogens with zero attached hydrogens (tertiary/aromatic N) is 2. The van der Waals surface area contributed by atoms with Crippen LogP contribution in [0.15, 0.2) is 30.5 Å². The van der Waals surface area contributed by atoms with E-state index in [-0.39, 0.29) is 11.9 Å². The average Bonchev–Trinajstić information content (AvgIpc) is 3.64. The number of hydrogen-bond donors (Lipinski definition) is 1. The molecule has 1 N–H and O–H groups in total. The first-order valence-electron chi connectivity index (χ1n) is 10.8. The van der Waals surface area contributed by atoms with Crippen molar-refractivity contribution in [3.63, 3.8) is 0 Å². The van der Waals surface area contributed by atoms with E-state index in [4.69, 9.17) is 0 Å². The number of nitrogens with one attached hydrogen (secondary N) is 1. The van der Waals surface area contributed by atoms with Crippen molar-refractivity contribution in [3.8, 4) is 11.3 Å². The van der Waals surface area contributed by atoms with Crippen LogP contribution in [0.4, 0.5) is 4.39 Å². The van der Waals surface area contributed by atoms with Crippen LogP contribution in [0.5, 0.6) is 0 Å². The van der Waals surface area contributed by atoms with Crippen molar-refractivity contribution in [2.75, 3.05) is 6.54 Å². The largest absolute Gasteiger partial charge is 0.340 e. The summed E-state index contributed by atoms with van der Waals surface area (Å²) < 4.78 is 13.6. The molecule has 4 nitrogen and oxygen atoms in total. The summed E-state index contributed by atoms with van der Waals surface area (Å²) in [6, 6.07) is 6.55. The number of likely N-dealkylation sites (tertiary alicyclic amines) is 1. The third kappa shape index (κ3) is 3.71. The first-order valence-corrected chi connectivity index (χ1v) is 10.8. The molecule has 2 aliphatic carbocycles. The Bertz CT molecular complexity index is 843. The quantitative estimate of drug-likeness (QED) is 0.757. The number of piperidine rings is 1. The summed E-state index contributed by atoms with van der Waals surface area (Å²) in [5.74, 6) is 3.08. The van der Waals surface area contributed by atoms with E-state index in [1.165, 1.54) is 37.8 Å². The maximum Gasteiger partial charge on any atom is 0.223 e. The Morgan fingerprint density at radius 1 is 1.18 bits per heavy atom. The number of halogens is 1. The van der Waals surface area contributed by atoms with Gasteiger partial charge in [0.2, 0.25) is 5.91 Å². The first-order chi connectivity index (χ1) is 13.7. The van der Waals surface area contributed by atoms with Crippen molar-refractivity contribution in [1.29, 1.82) is 0 Å². The van der Waals surface area contributed by atoms with E-state index in [0.717, 1.165) is 54.7 Å². The topological polar surface area (TPSA) is 49.0 Å². The number of H-pyrrole nitrogens is 1. The molecular formula is C23H28FN3O. The number of hydrogen-bond acceptors (Lipinski definition) is 2. The van der Waals surface area contributed by atoms with Crippen LogP contribution in [0, 0.1) is 23.6 Å². The van der Waals surface area contributed by atoms with Gasteiger partial charge in [0.05, 0.1) is 17.9 Å². The highest BCUT2D eigenvalue weighted by atomic mass is 19.1. The van der Waals surface area contributed by atoms with Gasteiger partial charge in [-0.15, -0.1) is 0 Å². The standard InChI is InChI=1S/C23H28FN3O/c24-18-5-3-4-17(12-18)20-14-25-23(26-20)21-6-1-2-11-27(21)22(28)13-19(15-7-8-15)16-9-10-16/h3-5,12,14-16,19,21H,1-2,6-11,13H2,(H,25,26). The maximum atomic E-state index is 13.6. The van der Waals surface area contributed by atoms with Gasteiger partial charge in [0.1, 0.15) is 11.6 Å². The van der Waals surface area contributed by atoms with Crippen molar-refractivity contribution in [2.24, 2.45) is 17.8 Å². The van der Waals surface area contributed by atoms with Gasteiger partial charge in [-0.2, -0.15) is 0 Å². The van der Waals surface area contributed by atoms with Gasteiger partial charge in [0.15, 0.2) is 0 Å². The molecule has 0 radical (unpaired) electrons. The van der Waals surface area contributed by atoms with Gasteiger partial charge >= 0.3 is 0 Å². The zero-order valence-corrected chi connectivity index (χ0v) is 16.2. The number of amides is 1. The molecule has 1 atom stereocenters. The molecule has 1 aromatic heterocycles. The van der Waals surface area contributed by atoms with E-state index in [9.17, 15) is 9.18 Å². The predicted octanol–water partition coefficient (Wildman–Crippen LogP) is 5.10. The molecule has 1 aliphatic heterocycles. The third-order valence-electron chi connectivity index (χ3n) is 6.74. The second-order valence-electron chi connectivity index (χ2n) is 8.83. The van der Waals surface area contributed by atoms with Gasteiger partial charge in [0, 0.05) is 18.5 Å². The predicted molar refractivity (Wildman–Crippen MR) is 106 cm³/mol. The fourth-order valence-electron chi connectivity index (χ4n) is 4.91. The molecule has 1 saturated heterocycles. The van der Waals surface area contributed by atoms with Crippen LogP contribution in [0.2, 0.25) is 0 Å². The highest BCUT2D eigenvalue weighted by molar-refractivity contribution is 5.77. The molecule has 2 heterocycles. The molecule has 148 valence electrons. The van der Waals surface area contributed by atoms with Crippen molar-refractivity contribution < 1.29 is 9.18 Å². The number of aromatic amines is 1. The lowest BCUT2D eigenvalue weighted by atomic mass is 9.92. The summed E-state index contributed by atoms with van der Waals surface area (Å²) >= 11 is 0. The molecule has 3 aliphatic rings. The summed E-state index contributed by atoms with van der Waals surface area (Å²) in [5, 5.41) is 0. The molecule has 2 aromatic rings. The molecule has 0 spiro atoms. The Morgan fingerprint density at radius 2 is 1.96 bits per heavy atom. The van der Waals surface area contributed by atoms with Crippen molar-refractivity contribution >= 4 is 5.91 Å². The van der Waals surface area contributed by atoms with E-state index in [1.54, 1.807) is 12.3 Å². The first kappa shape index (κ1) is 17.9. The smallest absolute Gasteiger partial charge is 0.223 e. The monoisotopic (exact) mass is 381 g/mol. The SMILES string of the molecule is O=C(CC(C1CC1)C1CC1)N1CCCCC1c1ncc(-c2cccc(F)c2)[nH]1. The Balaban J connectivity index is 1.33. The van der Waals surface area contributed by atoms with Crippen LogP contribution in [0.25, 0.3) is 11.3 Å². The molecular weight excluding hydrogens is 353 g/mol. The summed E-state index contributed by atoms with van der Waals surface area (Å²) in [5.41, 5.74) is 1.59. The van der Waals surface area contributed by atoms with Crippen LogP contribution in [0.1, 0.15) is 63.2 Å². The summed E-state index contributed by atoms with van der Waals surface area (Å²) in [4.78, 5) is 23.2. The number of benzene rings is 1. The van der Waals surface area contributed by atoms with Crippen LogP contribution in [-0.4, -0.2) is 27.3 Å². The minimum Gasteiger partial charge on any atom is -0.340 e. The Labute approximate surface area is 165 Å². The van der Waals surface area contributed by atoms with Crippen LogP contribution in [-0.2, 0) is 4.79 Å². The van der Waals surface area contributed by atoms with Crippen molar-refractivity contribution in [2.45, 2.75) is 57.4 Å². The number of carbonyl (C=O) groups excluding carboxylic acids is 1. The van der Waals surface area contributed by atoms with Gasteiger partial charge in [-0.05, 0) is 74.8 Å². The van der Waals surface area contributed by atoms with Gasteiger partial charge in [-0.3, -0.25) is 4.79 Å². The number of imidazole rings is 1. The molecule has 0 bridgehead atoms. The molecule has 1 unspecified atom stereocenters. The van der Waals surface area contributed by atoms with E-state index >= 15 is 0 Å². The number of rotatable bonds is 6. The molecule has 5 heteroatoms. The maximum absolute atomic E-state index is 13.6. The lowest BCUT2D eigenvalue weighted by Gasteiger charge is -2.35. The van der Waals surface area contributed by atoms with E-state index in [0.29, 0.717) is 18.2 Å². The molecule has 28 heavy (non-hydrogen) atoms. The fraction of sp³-hybridized carbons (Fsp3) is 0.565. The van der Waals surface area contributed by atoms with Gasteiger partial charge in [-0.25, -0.2) is 9.37 Å². The van der Waals surface area contributed by atoms with Gasteiger partial charge in [0.25, 0.3) is 0 Å². The van der Waals surface area contributed by atoms with E-state index in [2.05, 4.69) is 14.9 Å².